The van der Waals surface area contributed by atoms with Gasteiger partial charge in [-0.05, 0) is 55.0 Å². The minimum Gasteiger partial charge on any atom is -0.508 e. The minimum absolute atomic E-state index is 0.0855. The van der Waals surface area contributed by atoms with Crippen molar-refractivity contribution in [3.8, 4) is 5.75 Å². The second-order valence-corrected chi connectivity index (χ2v) is 6.75. The Hall–Kier alpha value is -2.75. The Balaban J connectivity index is 1.46. The Labute approximate surface area is 146 Å². The second-order valence-electron chi connectivity index (χ2n) is 6.75. The molecule has 0 spiro atoms. The minimum atomic E-state index is -0.0855. The van der Waals surface area contributed by atoms with E-state index in [1.165, 1.54) is 35.0 Å². The number of rotatable bonds is 4. The Kier molecular flexibility index (Phi) is 4.18. The van der Waals surface area contributed by atoms with Crippen molar-refractivity contribution in [1.29, 1.82) is 0 Å². The normalized spacial score (nSPS) is 13.6. The molecule has 0 radical (unpaired) electrons. The fourth-order valence-corrected chi connectivity index (χ4v) is 3.66. The van der Waals surface area contributed by atoms with Crippen molar-refractivity contribution < 1.29 is 9.90 Å². The number of phenolic OH excluding ortho intramolecular Hbond substituents is 1. The van der Waals surface area contributed by atoms with E-state index >= 15 is 0 Å². The van der Waals surface area contributed by atoms with Crippen molar-refractivity contribution in [3.05, 3.63) is 64.8 Å². The molecule has 0 unspecified atom stereocenters. The average Bonchev–Trinajstić information content (AvgIpc) is 3.00. The quantitative estimate of drug-likeness (QED) is 0.682. The van der Waals surface area contributed by atoms with Gasteiger partial charge in [-0.1, -0.05) is 24.3 Å². The number of aromatic amines is 1. The number of aryl methyl sites for hydroxylation is 2. The zero-order chi connectivity index (χ0) is 17.2. The van der Waals surface area contributed by atoms with E-state index in [2.05, 4.69) is 28.5 Å². The lowest BCUT2D eigenvalue weighted by Gasteiger charge is -2.11. The number of aromatic nitrogens is 1. The van der Waals surface area contributed by atoms with Crippen LogP contribution in [0.15, 0.2) is 42.5 Å². The van der Waals surface area contributed by atoms with Gasteiger partial charge < -0.3 is 15.4 Å². The smallest absolute Gasteiger partial charge is 0.224 e. The van der Waals surface area contributed by atoms with Gasteiger partial charge in [-0.2, -0.15) is 0 Å². The Bertz CT molecular complexity index is 927. The van der Waals surface area contributed by atoms with Crippen LogP contribution < -0.4 is 5.32 Å². The molecular formula is C21H22N2O2. The van der Waals surface area contributed by atoms with E-state index in [1.807, 2.05) is 6.07 Å². The number of hydrogen-bond donors (Lipinski definition) is 3. The SMILES string of the molecule is O=C(Cc1ccccc1O)NCc1ccc2[nH]c3c(c2c1)CCCC3. The van der Waals surface area contributed by atoms with Crippen molar-refractivity contribution in [2.45, 2.75) is 38.6 Å². The first kappa shape index (κ1) is 15.8. The Morgan fingerprint density at radius 3 is 2.84 bits per heavy atom. The van der Waals surface area contributed by atoms with E-state index < -0.39 is 0 Å². The van der Waals surface area contributed by atoms with Gasteiger partial charge in [-0.15, -0.1) is 0 Å². The number of para-hydroxylation sites is 1. The van der Waals surface area contributed by atoms with Crippen LogP contribution in [0.4, 0.5) is 0 Å². The molecule has 3 N–H and O–H groups in total. The van der Waals surface area contributed by atoms with Crippen LogP contribution in [0, 0.1) is 0 Å². The number of carbonyl (C=O) groups excluding carboxylic acids is 1. The number of phenols is 1. The van der Waals surface area contributed by atoms with Crippen LogP contribution in [-0.2, 0) is 30.6 Å². The maximum Gasteiger partial charge on any atom is 0.224 e. The van der Waals surface area contributed by atoms with E-state index in [1.54, 1.807) is 18.2 Å². The summed E-state index contributed by atoms with van der Waals surface area (Å²) in [5.41, 5.74) is 5.77. The lowest BCUT2D eigenvalue weighted by Crippen LogP contribution is -2.24. The van der Waals surface area contributed by atoms with Crippen LogP contribution in [0.1, 0.15) is 35.2 Å². The number of benzene rings is 2. The maximum absolute atomic E-state index is 12.2. The molecule has 1 aliphatic carbocycles. The van der Waals surface area contributed by atoms with Crippen molar-refractivity contribution in [2.24, 2.45) is 0 Å². The summed E-state index contributed by atoms with van der Waals surface area (Å²) in [4.78, 5) is 15.7. The lowest BCUT2D eigenvalue weighted by atomic mass is 9.95. The summed E-state index contributed by atoms with van der Waals surface area (Å²) in [6.45, 7) is 0.502. The summed E-state index contributed by atoms with van der Waals surface area (Å²) < 4.78 is 0. The summed E-state index contributed by atoms with van der Waals surface area (Å²) in [6.07, 6.45) is 4.97. The molecule has 0 saturated heterocycles. The largest absolute Gasteiger partial charge is 0.508 e. The summed E-state index contributed by atoms with van der Waals surface area (Å²) in [7, 11) is 0. The summed E-state index contributed by atoms with van der Waals surface area (Å²) >= 11 is 0. The first-order valence-corrected chi connectivity index (χ1v) is 8.86. The third-order valence-electron chi connectivity index (χ3n) is 4.99. The van der Waals surface area contributed by atoms with E-state index in [9.17, 15) is 9.90 Å². The molecule has 1 heterocycles. The van der Waals surface area contributed by atoms with Crippen molar-refractivity contribution in [2.75, 3.05) is 0 Å². The fraction of sp³-hybridized carbons (Fsp3) is 0.286. The van der Waals surface area contributed by atoms with Crippen LogP contribution >= 0.6 is 0 Å². The van der Waals surface area contributed by atoms with Gasteiger partial charge in [0.1, 0.15) is 5.75 Å². The molecule has 4 rings (SSSR count). The molecule has 0 fully saturated rings. The highest BCUT2D eigenvalue weighted by Gasteiger charge is 2.15. The molecule has 2 aromatic carbocycles. The molecule has 0 bridgehead atoms. The summed E-state index contributed by atoms with van der Waals surface area (Å²) in [6, 6.07) is 13.3. The third kappa shape index (κ3) is 3.25. The van der Waals surface area contributed by atoms with Gasteiger partial charge in [0, 0.05) is 28.7 Å². The molecule has 1 aliphatic rings. The number of fused-ring (bicyclic) bond motifs is 3. The molecule has 0 saturated carbocycles. The van der Waals surface area contributed by atoms with Crippen molar-refractivity contribution >= 4 is 16.8 Å². The molecular weight excluding hydrogens is 312 g/mol. The van der Waals surface area contributed by atoms with Crippen LogP contribution in [0.5, 0.6) is 5.75 Å². The maximum atomic E-state index is 12.2. The topological polar surface area (TPSA) is 65.1 Å². The first-order valence-electron chi connectivity index (χ1n) is 8.86. The van der Waals surface area contributed by atoms with Crippen molar-refractivity contribution in [3.63, 3.8) is 0 Å². The molecule has 1 aromatic heterocycles. The third-order valence-corrected chi connectivity index (χ3v) is 4.99. The monoisotopic (exact) mass is 334 g/mol. The van der Waals surface area contributed by atoms with E-state index in [4.69, 9.17) is 0 Å². The molecule has 128 valence electrons. The predicted octanol–water partition coefficient (Wildman–Crippen LogP) is 3.61. The fourth-order valence-electron chi connectivity index (χ4n) is 3.66. The highest BCUT2D eigenvalue weighted by molar-refractivity contribution is 5.86. The van der Waals surface area contributed by atoms with Crippen molar-refractivity contribution in [1.82, 2.24) is 10.3 Å². The first-order chi connectivity index (χ1) is 12.2. The highest BCUT2D eigenvalue weighted by Crippen LogP contribution is 2.29. The van der Waals surface area contributed by atoms with Gasteiger partial charge in [-0.25, -0.2) is 0 Å². The van der Waals surface area contributed by atoms with Crippen LogP contribution in [0.2, 0.25) is 0 Å². The van der Waals surface area contributed by atoms with Gasteiger partial charge in [0.2, 0.25) is 5.91 Å². The van der Waals surface area contributed by atoms with E-state index in [0.717, 1.165) is 18.4 Å². The van der Waals surface area contributed by atoms with Gasteiger partial charge >= 0.3 is 0 Å². The molecule has 3 aromatic rings. The number of aromatic hydroxyl groups is 1. The van der Waals surface area contributed by atoms with Crippen LogP contribution in [0.25, 0.3) is 10.9 Å². The highest BCUT2D eigenvalue weighted by atomic mass is 16.3. The standard InChI is InChI=1S/C21H22N2O2/c24-20-8-4-1-5-15(20)12-21(25)22-13-14-9-10-19-17(11-14)16-6-2-3-7-18(16)23-19/h1,4-5,8-11,23-24H,2-3,6-7,12-13H2,(H,22,25). The lowest BCUT2D eigenvalue weighted by molar-refractivity contribution is -0.120. The van der Waals surface area contributed by atoms with Gasteiger partial charge in [0.25, 0.3) is 0 Å². The Morgan fingerprint density at radius 2 is 1.96 bits per heavy atom. The zero-order valence-electron chi connectivity index (χ0n) is 14.1. The van der Waals surface area contributed by atoms with Gasteiger partial charge in [0.05, 0.1) is 6.42 Å². The molecule has 4 heteroatoms. The summed E-state index contributed by atoms with van der Waals surface area (Å²) in [5.74, 6) is 0.0794. The molecule has 0 atom stereocenters. The molecule has 1 amide bonds. The average molecular weight is 334 g/mol. The Morgan fingerprint density at radius 1 is 1.12 bits per heavy atom. The van der Waals surface area contributed by atoms with Gasteiger partial charge in [-0.3, -0.25) is 4.79 Å². The van der Waals surface area contributed by atoms with Crippen LogP contribution in [-0.4, -0.2) is 16.0 Å². The number of carbonyl (C=O) groups is 1. The number of amides is 1. The number of hydrogen-bond acceptors (Lipinski definition) is 2. The second kappa shape index (κ2) is 6.63. The zero-order valence-corrected chi connectivity index (χ0v) is 14.1. The van der Waals surface area contributed by atoms with Gasteiger partial charge in [0.15, 0.2) is 0 Å². The van der Waals surface area contributed by atoms with Crippen LogP contribution in [0.3, 0.4) is 0 Å². The molecule has 25 heavy (non-hydrogen) atoms. The van der Waals surface area contributed by atoms with E-state index in [-0.39, 0.29) is 18.1 Å². The molecule has 0 aliphatic heterocycles. The molecule has 4 nitrogen and oxygen atoms in total. The number of H-pyrrole nitrogens is 1. The van der Waals surface area contributed by atoms with E-state index in [0.29, 0.717) is 12.1 Å². The number of nitrogens with one attached hydrogen (secondary N) is 2. The summed E-state index contributed by atoms with van der Waals surface area (Å²) in [5, 5.41) is 14.0. The predicted molar refractivity (Wildman–Crippen MR) is 98.6 cm³/mol.